The lowest BCUT2D eigenvalue weighted by Gasteiger charge is -2.15. The highest BCUT2D eigenvalue weighted by Crippen LogP contribution is 2.32. The Kier molecular flexibility index (Phi) is 6.05. The monoisotopic (exact) mass is 317 g/mol. The summed E-state index contributed by atoms with van der Waals surface area (Å²) in [5.74, 6) is 1.20. The van der Waals surface area contributed by atoms with Crippen molar-refractivity contribution < 1.29 is 0 Å². The first-order chi connectivity index (χ1) is 8.81. The molecule has 0 radical (unpaired) electrons. The summed E-state index contributed by atoms with van der Waals surface area (Å²) in [6, 6.07) is 8.69. The van der Waals surface area contributed by atoms with Crippen LogP contribution in [0.25, 0.3) is 0 Å². The average molecular weight is 318 g/mol. The SMILES string of the molecule is CSCCCNC(c1cccs1)c1ccc(Cl)s1. The van der Waals surface area contributed by atoms with Crippen LogP contribution in [0.2, 0.25) is 4.34 Å². The van der Waals surface area contributed by atoms with E-state index in [1.165, 1.54) is 21.9 Å². The molecule has 2 aromatic heterocycles. The first kappa shape index (κ1) is 14.4. The summed E-state index contributed by atoms with van der Waals surface area (Å²) in [6.07, 6.45) is 3.35. The Morgan fingerprint density at radius 3 is 2.83 bits per heavy atom. The molecule has 0 spiro atoms. The van der Waals surface area contributed by atoms with Crippen molar-refractivity contribution in [3.05, 3.63) is 43.7 Å². The maximum atomic E-state index is 6.04. The van der Waals surface area contributed by atoms with Crippen molar-refractivity contribution in [2.75, 3.05) is 18.6 Å². The molecule has 2 rings (SSSR count). The molecule has 0 aromatic carbocycles. The van der Waals surface area contributed by atoms with Gasteiger partial charge in [-0.2, -0.15) is 11.8 Å². The predicted molar refractivity (Wildman–Crippen MR) is 86.5 cm³/mol. The largest absolute Gasteiger partial charge is 0.305 e. The summed E-state index contributed by atoms with van der Waals surface area (Å²) in [5, 5.41) is 5.76. The van der Waals surface area contributed by atoms with E-state index >= 15 is 0 Å². The second-order valence-corrected chi connectivity index (χ2v) is 7.60. The second-order valence-electron chi connectivity index (χ2n) is 3.89. The number of hydrogen-bond donors (Lipinski definition) is 1. The summed E-state index contributed by atoms with van der Waals surface area (Å²) < 4.78 is 0.859. The van der Waals surface area contributed by atoms with Crippen LogP contribution in [0.5, 0.6) is 0 Å². The van der Waals surface area contributed by atoms with Gasteiger partial charge < -0.3 is 5.32 Å². The quantitative estimate of drug-likeness (QED) is 0.729. The Morgan fingerprint density at radius 2 is 2.22 bits per heavy atom. The van der Waals surface area contributed by atoms with Crippen LogP contribution in [0.1, 0.15) is 22.2 Å². The highest BCUT2D eigenvalue weighted by Gasteiger charge is 2.16. The van der Waals surface area contributed by atoms with E-state index in [1.807, 2.05) is 17.8 Å². The molecule has 1 unspecified atom stereocenters. The summed E-state index contributed by atoms with van der Waals surface area (Å²) in [4.78, 5) is 2.66. The van der Waals surface area contributed by atoms with Gasteiger partial charge in [-0.1, -0.05) is 17.7 Å². The molecule has 1 N–H and O–H groups in total. The van der Waals surface area contributed by atoms with Crippen LogP contribution in [0, 0.1) is 0 Å². The molecular weight excluding hydrogens is 302 g/mol. The molecule has 0 aliphatic heterocycles. The zero-order valence-electron chi connectivity index (χ0n) is 10.2. The number of thioether (sulfide) groups is 1. The van der Waals surface area contributed by atoms with Crippen molar-refractivity contribution in [1.29, 1.82) is 0 Å². The first-order valence-corrected chi connectivity index (χ1v) is 9.29. The van der Waals surface area contributed by atoms with Gasteiger partial charge in [0.1, 0.15) is 0 Å². The van der Waals surface area contributed by atoms with Gasteiger partial charge in [0.05, 0.1) is 10.4 Å². The third-order valence-corrected chi connectivity index (χ3v) is 5.51. The summed E-state index contributed by atoms with van der Waals surface area (Å²) in [5.41, 5.74) is 0. The van der Waals surface area contributed by atoms with E-state index in [0.717, 1.165) is 10.9 Å². The molecule has 0 fully saturated rings. The smallest absolute Gasteiger partial charge is 0.0931 e. The molecule has 0 amide bonds. The third kappa shape index (κ3) is 4.00. The highest BCUT2D eigenvalue weighted by atomic mass is 35.5. The van der Waals surface area contributed by atoms with Crippen molar-refractivity contribution >= 4 is 46.0 Å². The molecule has 0 saturated carbocycles. The van der Waals surface area contributed by atoms with E-state index in [-0.39, 0.29) is 0 Å². The summed E-state index contributed by atoms with van der Waals surface area (Å²) in [7, 11) is 0. The summed E-state index contributed by atoms with van der Waals surface area (Å²) in [6.45, 7) is 1.04. The van der Waals surface area contributed by atoms with Crippen molar-refractivity contribution in [3.63, 3.8) is 0 Å². The standard InChI is InChI=1S/C13H16ClNS3/c1-16-8-3-7-15-13(10-4-2-9-17-10)11-5-6-12(14)18-11/h2,4-6,9,13,15H,3,7-8H2,1H3. The Balaban J connectivity index is 2.04. The lowest BCUT2D eigenvalue weighted by molar-refractivity contribution is 0.615. The molecule has 98 valence electrons. The lowest BCUT2D eigenvalue weighted by atomic mass is 10.2. The van der Waals surface area contributed by atoms with Gasteiger partial charge in [-0.3, -0.25) is 0 Å². The van der Waals surface area contributed by atoms with Crippen molar-refractivity contribution in [2.24, 2.45) is 0 Å². The lowest BCUT2D eigenvalue weighted by Crippen LogP contribution is -2.22. The fourth-order valence-electron chi connectivity index (χ4n) is 1.74. The van der Waals surface area contributed by atoms with Crippen LogP contribution < -0.4 is 5.32 Å². The van der Waals surface area contributed by atoms with E-state index in [0.29, 0.717) is 6.04 Å². The first-order valence-electron chi connectivity index (χ1n) is 5.82. The molecule has 0 aliphatic carbocycles. The van der Waals surface area contributed by atoms with Crippen molar-refractivity contribution in [2.45, 2.75) is 12.5 Å². The zero-order chi connectivity index (χ0) is 12.8. The molecule has 18 heavy (non-hydrogen) atoms. The number of nitrogens with one attached hydrogen (secondary N) is 1. The van der Waals surface area contributed by atoms with Crippen LogP contribution in [-0.4, -0.2) is 18.6 Å². The molecule has 0 bridgehead atoms. The minimum atomic E-state index is 0.296. The number of rotatable bonds is 7. The van der Waals surface area contributed by atoms with Gasteiger partial charge in [0, 0.05) is 9.75 Å². The van der Waals surface area contributed by atoms with Crippen LogP contribution in [0.3, 0.4) is 0 Å². The average Bonchev–Trinajstić information content (AvgIpc) is 3.01. The molecular formula is C13H16ClNS3. The van der Waals surface area contributed by atoms with E-state index in [9.17, 15) is 0 Å². The topological polar surface area (TPSA) is 12.0 Å². The van der Waals surface area contributed by atoms with Gasteiger partial charge in [0.25, 0.3) is 0 Å². The van der Waals surface area contributed by atoms with E-state index in [1.54, 1.807) is 22.7 Å². The maximum absolute atomic E-state index is 6.04. The Bertz CT molecular complexity index is 453. The molecule has 2 heterocycles. The van der Waals surface area contributed by atoms with E-state index in [2.05, 4.69) is 35.2 Å². The van der Waals surface area contributed by atoms with Gasteiger partial charge in [0.15, 0.2) is 0 Å². The van der Waals surface area contributed by atoms with Crippen molar-refractivity contribution in [3.8, 4) is 0 Å². The highest BCUT2D eigenvalue weighted by molar-refractivity contribution is 7.98. The van der Waals surface area contributed by atoms with E-state index < -0.39 is 0 Å². The third-order valence-electron chi connectivity index (χ3n) is 2.58. The Morgan fingerprint density at radius 1 is 1.33 bits per heavy atom. The normalized spacial score (nSPS) is 12.8. The van der Waals surface area contributed by atoms with Crippen LogP contribution in [0.15, 0.2) is 29.6 Å². The van der Waals surface area contributed by atoms with Crippen LogP contribution >= 0.6 is 46.0 Å². The molecule has 1 atom stereocenters. The summed E-state index contributed by atoms with van der Waals surface area (Å²) >= 11 is 11.4. The van der Waals surface area contributed by atoms with Crippen LogP contribution in [0.4, 0.5) is 0 Å². The fourth-order valence-corrected chi connectivity index (χ4v) is 4.22. The number of thiophene rings is 2. The minimum Gasteiger partial charge on any atom is -0.305 e. The minimum absolute atomic E-state index is 0.296. The molecule has 1 nitrogen and oxygen atoms in total. The zero-order valence-corrected chi connectivity index (χ0v) is 13.4. The van der Waals surface area contributed by atoms with Gasteiger partial charge in [-0.05, 0) is 48.6 Å². The molecule has 5 heteroatoms. The fraction of sp³-hybridized carbons (Fsp3) is 0.385. The molecule has 0 aliphatic rings. The predicted octanol–water partition coefficient (Wildman–Crippen LogP) is 4.90. The van der Waals surface area contributed by atoms with Gasteiger partial charge in [-0.25, -0.2) is 0 Å². The number of hydrogen-bond acceptors (Lipinski definition) is 4. The van der Waals surface area contributed by atoms with E-state index in [4.69, 9.17) is 11.6 Å². The number of halogens is 1. The van der Waals surface area contributed by atoms with Gasteiger partial charge in [0.2, 0.25) is 0 Å². The van der Waals surface area contributed by atoms with Crippen molar-refractivity contribution in [1.82, 2.24) is 5.32 Å². The Labute approximate surface area is 126 Å². The molecule has 2 aromatic rings. The van der Waals surface area contributed by atoms with Gasteiger partial charge >= 0.3 is 0 Å². The van der Waals surface area contributed by atoms with Crippen LogP contribution in [-0.2, 0) is 0 Å². The second kappa shape index (κ2) is 7.56. The maximum Gasteiger partial charge on any atom is 0.0931 e. The Hall–Kier alpha value is -0.0000000000000000278. The van der Waals surface area contributed by atoms with Gasteiger partial charge in [-0.15, -0.1) is 22.7 Å². The molecule has 0 saturated heterocycles.